The van der Waals surface area contributed by atoms with Gasteiger partial charge >= 0.3 is 0 Å². The van der Waals surface area contributed by atoms with Crippen LogP contribution in [-0.2, 0) is 11.3 Å². The number of hydrogen-bond acceptors (Lipinski definition) is 4. The van der Waals surface area contributed by atoms with Crippen molar-refractivity contribution in [3.05, 3.63) is 26.9 Å². The summed E-state index contributed by atoms with van der Waals surface area (Å²) < 4.78 is 7.62. The zero-order chi connectivity index (χ0) is 13.1. The first-order chi connectivity index (χ1) is 8.65. The van der Waals surface area contributed by atoms with Crippen LogP contribution in [0.25, 0.3) is 11.0 Å². The largest absolute Gasteiger partial charge is 0.378 e. The smallest absolute Gasteiger partial charge is 0.276 e. The first-order valence-electron chi connectivity index (χ1n) is 5.73. The third kappa shape index (κ3) is 2.38. The highest BCUT2D eigenvalue weighted by Crippen LogP contribution is 2.13. The second-order valence-electron chi connectivity index (χ2n) is 4.01. The molecule has 0 aromatic carbocycles. The normalized spacial score (nSPS) is 11.2. The van der Waals surface area contributed by atoms with Crippen molar-refractivity contribution < 1.29 is 4.74 Å². The lowest BCUT2D eigenvalue weighted by Gasteiger charge is -2.09. The van der Waals surface area contributed by atoms with Crippen LogP contribution in [0.15, 0.2) is 11.0 Å². The number of rotatable bonds is 5. The van der Waals surface area contributed by atoms with E-state index in [4.69, 9.17) is 22.7 Å². The molecular weight excluding hydrogens is 252 g/mol. The van der Waals surface area contributed by atoms with Gasteiger partial charge < -0.3 is 20.0 Å². The molecule has 2 heterocycles. The molecule has 2 aromatic rings. The molecule has 2 rings (SSSR count). The van der Waals surface area contributed by atoms with Gasteiger partial charge in [-0.15, -0.1) is 0 Å². The van der Waals surface area contributed by atoms with Crippen molar-refractivity contribution in [3.63, 3.8) is 0 Å². The Balaban J connectivity index is 2.40. The van der Waals surface area contributed by atoms with E-state index in [1.54, 1.807) is 6.20 Å². The minimum absolute atomic E-state index is 0.192. The Bertz CT molecular complexity index is 655. The van der Waals surface area contributed by atoms with E-state index >= 15 is 0 Å². The topological polar surface area (TPSA) is 88.8 Å². The molecule has 0 aliphatic rings. The molecule has 0 bridgehead atoms. The van der Waals surface area contributed by atoms with Crippen molar-refractivity contribution in [1.82, 2.24) is 14.5 Å². The van der Waals surface area contributed by atoms with E-state index < -0.39 is 0 Å². The molecule has 0 fully saturated rings. The van der Waals surface area contributed by atoms with Crippen molar-refractivity contribution in [1.29, 1.82) is 0 Å². The second kappa shape index (κ2) is 5.47. The van der Waals surface area contributed by atoms with E-state index in [0.717, 1.165) is 11.1 Å². The van der Waals surface area contributed by atoms with E-state index in [1.807, 2.05) is 11.5 Å². The Kier molecular flexibility index (Phi) is 3.95. The Morgan fingerprint density at radius 1 is 1.50 bits per heavy atom. The molecule has 0 amide bonds. The second-order valence-corrected chi connectivity index (χ2v) is 4.39. The van der Waals surface area contributed by atoms with Crippen LogP contribution in [0.1, 0.15) is 5.56 Å². The van der Waals surface area contributed by atoms with Crippen LogP contribution in [0.4, 0.5) is 0 Å². The van der Waals surface area contributed by atoms with E-state index in [9.17, 15) is 4.79 Å². The fraction of sp³-hybridized carbons (Fsp3) is 0.455. The molecule has 98 valence electrons. The molecular formula is C11H16N4O2S. The number of hydrogen-bond donors (Lipinski definition) is 3. The van der Waals surface area contributed by atoms with Crippen LogP contribution in [0.5, 0.6) is 0 Å². The first-order valence-corrected chi connectivity index (χ1v) is 6.14. The van der Waals surface area contributed by atoms with Gasteiger partial charge in [-0.25, -0.2) is 0 Å². The molecule has 0 unspecified atom stereocenters. The molecule has 7 heteroatoms. The summed E-state index contributed by atoms with van der Waals surface area (Å²) in [5.41, 5.74) is 7.52. The van der Waals surface area contributed by atoms with Gasteiger partial charge in [-0.3, -0.25) is 9.78 Å². The van der Waals surface area contributed by atoms with E-state index in [1.165, 1.54) is 0 Å². The molecule has 0 radical (unpaired) electrons. The zero-order valence-electron chi connectivity index (χ0n) is 10.2. The molecule has 2 aromatic heterocycles. The SMILES string of the molecule is Cc1c[nH]c2c(=O)[nH]c(=S)n(CCOCCN)c12. The minimum Gasteiger partial charge on any atom is -0.378 e. The van der Waals surface area contributed by atoms with Gasteiger partial charge in [-0.1, -0.05) is 0 Å². The molecule has 0 atom stereocenters. The molecule has 0 saturated heterocycles. The summed E-state index contributed by atoms with van der Waals surface area (Å²) in [6.45, 7) is 4.05. The van der Waals surface area contributed by atoms with Crippen LogP contribution in [0.3, 0.4) is 0 Å². The monoisotopic (exact) mass is 268 g/mol. The van der Waals surface area contributed by atoms with Crippen molar-refractivity contribution in [2.45, 2.75) is 13.5 Å². The van der Waals surface area contributed by atoms with Crippen LogP contribution in [-0.4, -0.2) is 34.3 Å². The number of aryl methyl sites for hydroxylation is 1. The zero-order valence-corrected chi connectivity index (χ0v) is 11.0. The van der Waals surface area contributed by atoms with Gasteiger partial charge in [-0.2, -0.15) is 0 Å². The minimum atomic E-state index is -0.192. The van der Waals surface area contributed by atoms with Crippen LogP contribution in [0, 0.1) is 11.7 Å². The number of nitrogens with zero attached hydrogens (tertiary/aromatic N) is 1. The van der Waals surface area contributed by atoms with E-state index in [0.29, 0.717) is 36.6 Å². The third-order valence-corrected chi connectivity index (χ3v) is 3.05. The summed E-state index contributed by atoms with van der Waals surface area (Å²) in [5.74, 6) is 0. The molecule has 0 saturated carbocycles. The van der Waals surface area contributed by atoms with Gasteiger partial charge in [0.15, 0.2) is 4.77 Å². The van der Waals surface area contributed by atoms with Gasteiger partial charge in [0.2, 0.25) is 0 Å². The fourth-order valence-corrected chi connectivity index (χ4v) is 2.19. The summed E-state index contributed by atoms with van der Waals surface area (Å²) in [6, 6.07) is 0. The van der Waals surface area contributed by atoms with Crippen molar-refractivity contribution in [2.75, 3.05) is 19.8 Å². The predicted molar refractivity (Wildman–Crippen MR) is 72.4 cm³/mol. The predicted octanol–water partition coefficient (Wildman–Crippen LogP) is 0.671. The number of ether oxygens (including phenoxy) is 1. The number of nitrogens with two attached hydrogens (primary N) is 1. The Hall–Kier alpha value is -1.44. The van der Waals surface area contributed by atoms with Gasteiger partial charge in [-0.05, 0) is 24.7 Å². The van der Waals surface area contributed by atoms with Crippen LogP contribution < -0.4 is 11.3 Å². The summed E-state index contributed by atoms with van der Waals surface area (Å²) in [5, 5.41) is 0. The lowest BCUT2D eigenvalue weighted by atomic mass is 10.3. The van der Waals surface area contributed by atoms with Crippen molar-refractivity contribution in [2.24, 2.45) is 5.73 Å². The van der Waals surface area contributed by atoms with E-state index in [2.05, 4.69) is 9.97 Å². The van der Waals surface area contributed by atoms with Gasteiger partial charge in [0, 0.05) is 19.3 Å². The van der Waals surface area contributed by atoms with Crippen LogP contribution in [0.2, 0.25) is 0 Å². The number of fused-ring (bicyclic) bond motifs is 1. The lowest BCUT2D eigenvalue weighted by Crippen LogP contribution is -2.18. The molecule has 18 heavy (non-hydrogen) atoms. The molecule has 0 spiro atoms. The maximum absolute atomic E-state index is 11.7. The van der Waals surface area contributed by atoms with Gasteiger partial charge in [0.05, 0.1) is 18.7 Å². The standard InChI is InChI=1S/C11H16N4O2S/c1-7-6-13-8-9(7)15(3-5-17-4-2-12)11(18)14-10(8)16/h6,13H,2-5,12H2,1H3,(H,14,16,18). The number of aromatic amines is 2. The molecule has 0 aliphatic heterocycles. The first kappa shape index (κ1) is 13.0. The highest BCUT2D eigenvalue weighted by molar-refractivity contribution is 7.71. The van der Waals surface area contributed by atoms with Gasteiger partial charge in [0.25, 0.3) is 5.56 Å². The number of H-pyrrole nitrogens is 2. The summed E-state index contributed by atoms with van der Waals surface area (Å²) >= 11 is 5.18. The number of aromatic nitrogens is 3. The molecule has 6 nitrogen and oxygen atoms in total. The highest BCUT2D eigenvalue weighted by atomic mass is 32.1. The summed E-state index contributed by atoms with van der Waals surface area (Å²) in [7, 11) is 0. The Labute approximate surface area is 109 Å². The third-order valence-electron chi connectivity index (χ3n) is 2.73. The highest BCUT2D eigenvalue weighted by Gasteiger charge is 2.09. The molecule has 0 aliphatic carbocycles. The van der Waals surface area contributed by atoms with Crippen molar-refractivity contribution in [3.8, 4) is 0 Å². The quantitative estimate of drug-likeness (QED) is 0.549. The molecule has 4 N–H and O–H groups in total. The summed E-state index contributed by atoms with van der Waals surface area (Å²) in [6.07, 6.45) is 1.80. The van der Waals surface area contributed by atoms with Gasteiger partial charge in [0.1, 0.15) is 5.52 Å². The van der Waals surface area contributed by atoms with Crippen LogP contribution >= 0.6 is 12.2 Å². The fourth-order valence-electron chi connectivity index (χ4n) is 1.92. The summed E-state index contributed by atoms with van der Waals surface area (Å²) in [4.78, 5) is 17.3. The lowest BCUT2D eigenvalue weighted by molar-refractivity contribution is 0.133. The Morgan fingerprint density at radius 2 is 2.28 bits per heavy atom. The number of nitrogens with one attached hydrogen (secondary N) is 2. The van der Waals surface area contributed by atoms with Crippen molar-refractivity contribution >= 4 is 23.3 Å². The van der Waals surface area contributed by atoms with E-state index in [-0.39, 0.29) is 5.56 Å². The average molecular weight is 268 g/mol. The average Bonchev–Trinajstić information content (AvgIpc) is 2.71. The Morgan fingerprint density at radius 3 is 3.00 bits per heavy atom. The maximum atomic E-state index is 11.7. The maximum Gasteiger partial charge on any atom is 0.276 e.